The first-order valence-electron chi connectivity index (χ1n) is 11.7. The molecule has 0 radical (unpaired) electrons. The van der Waals surface area contributed by atoms with E-state index in [4.69, 9.17) is 21.3 Å². The van der Waals surface area contributed by atoms with E-state index < -0.39 is 0 Å². The van der Waals surface area contributed by atoms with Gasteiger partial charge in [-0.25, -0.2) is 9.38 Å². The number of methoxy groups -OCH3 is 1. The van der Waals surface area contributed by atoms with E-state index >= 15 is 0 Å². The predicted molar refractivity (Wildman–Crippen MR) is 140 cm³/mol. The zero-order valence-corrected chi connectivity index (χ0v) is 20.4. The minimum atomic E-state index is 0.00398. The summed E-state index contributed by atoms with van der Waals surface area (Å²) in [6.07, 6.45) is 0. The lowest BCUT2D eigenvalue weighted by Gasteiger charge is -2.35. The van der Waals surface area contributed by atoms with Crippen LogP contribution in [0, 0.1) is 0 Å². The Kier molecular flexibility index (Phi) is 5.65. The molecule has 8 nitrogen and oxygen atoms in total. The van der Waals surface area contributed by atoms with E-state index in [0.29, 0.717) is 42.6 Å². The standard InChI is InChI=1S/C27H23ClN6O2/c1-36-21-6-4-5-19(17-21)24-30-31-25-22-7-2-3-8-23(22)29-27(34(24)25)33-15-13-32(14-16-33)26(35)18-9-11-20(28)12-10-18/h2-12,17H,13-16H2,1H3. The lowest BCUT2D eigenvalue weighted by molar-refractivity contribution is 0.0746. The van der Waals surface area contributed by atoms with Gasteiger partial charge in [0.15, 0.2) is 11.5 Å². The highest BCUT2D eigenvalue weighted by molar-refractivity contribution is 6.30. The number of carbonyl (C=O) groups is 1. The third-order valence-electron chi connectivity index (χ3n) is 6.50. The van der Waals surface area contributed by atoms with E-state index in [-0.39, 0.29) is 5.91 Å². The van der Waals surface area contributed by atoms with Crippen LogP contribution in [0.15, 0.2) is 72.8 Å². The molecule has 3 heterocycles. The summed E-state index contributed by atoms with van der Waals surface area (Å²) in [4.78, 5) is 22.1. The fourth-order valence-corrected chi connectivity index (χ4v) is 4.74. The molecule has 1 aliphatic rings. The van der Waals surface area contributed by atoms with Crippen LogP contribution in [0.25, 0.3) is 27.9 Å². The molecule has 1 aliphatic heterocycles. The maximum Gasteiger partial charge on any atom is 0.253 e. The highest BCUT2D eigenvalue weighted by Gasteiger charge is 2.26. The summed E-state index contributed by atoms with van der Waals surface area (Å²) in [5.74, 6) is 2.19. The molecule has 6 rings (SSSR count). The number of anilines is 1. The first kappa shape index (κ1) is 22.3. The molecule has 1 saturated heterocycles. The van der Waals surface area contributed by atoms with E-state index in [9.17, 15) is 4.79 Å². The van der Waals surface area contributed by atoms with Crippen molar-refractivity contribution < 1.29 is 9.53 Å². The molecule has 0 spiro atoms. The van der Waals surface area contributed by atoms with Crippen LogP contribution in [0.2, 0.25) is 5.02 Å². The van der Waals surface area contributed by atoms with Gasteiger partial charge in [0.25, 0.3) is 5.91 Å². The van der Waals surface area contributed by atoms with Gasteiger partial charge in [-0.15, -0.1) is 10.2 Å². The molecular weight excluding hydrogens is 476 g/mol. The number of piperazine rings is 1. The van der Waals surface area contributed by atoms with Crippen molar-refractivity contribution in [2.24, 2.45) is 0 Å². The first-order chi connectivity index (χ1) is 17.6. The number of para-hydroxylation sites is 1. The van der Waals surface area contributed by atoms with Crippen molar-refractivity contribution in [1.29, 1.82) is 0 Å². The SMILES string of the molecule is COc1cccc(-c2nnc3c4ccccc4nc(N4CCN(C(=O)c5ccc(Cl)cc5)CC4)n23)c1. The molecule has 2 aromatic heterocycles. The monoisotopic (exact) mass is 498 g/mol. The predicted octanol–water partition coefficient (Wildman–Crippen LogP) is 4.57. The number of benzene rings is 3. The van der Waals surface area contributed by atoms with E-state index in [1.165, 1.54) is 0 Å². The van der Waals surface area contributed by atoms with E-state index in [0.717, 1.165) is 33.8 Å². The van der Waals surface area contributed by atoms with Crippen LogP contribution >= 0.6 is 11.6 Å². The molecule has 0 aliphatic carbocycles. The second kappa shape index (κ2) is 9.13. The number of carbonyl (C=O) groups excluding carboxylic acids is 1. The molecule has 5 aromatic rings. The third kappa shape index (κ3) is 3.89. The number of amides is 1. The van der Waals surface area contributed by atoms with Crippen LogP contribution in [0.4, 0.5) is 5.95 Å². The molecule has 1 fully saturated rings. The molecule has 36 heavy (non-hydrogen) atoms. The summed E-state index contributed by atoms with van der Waals surface area (Å²) in [5, 5.41) is 10.7. The van der Waals surface area contributed by atoms with Crippen LogP contribution in [-0.4, -0.2) is 63.7 Å². The number of hydrogen-bond donors (Lipinski definition) is 0. The van der Waals surface area contributed by atoms with Crippen molar-refractivity contribution >= 4 is 40.0 Å². The molecular formula is C27H23ClN6O2. The number of nitrogens with zero attached hydrogens (tertiary/aromatic N) is 6. The van der Waals surface area contributed by atoms with Crippen molar-refractivity contribution in [1.82, 2.24) is 24.5 Å². The van der Waals surface area contributed by atoms with Crippen molar-refractivity contribution in [3.63, 3.8) is 0 Å². The smallest absolute Gasteiger partial charge is 0.253 e. The van der Waals surface area contributed by atoms with Crippen molar-refractivity contribution in [2.45, 2.75) is 0 Å². The molecule has 1 amide bonds. The van der Waals surface area contributed by atoms with Crippen molar-refractivity contribution in [2.75, 3.05) is 38.2 Å². The van der Waals surface area contributed by atoms with E-state index in [1.807, 2.05) is 57.8 Å². The third-order valence-corrected chi connectivity index (χ3v) is 6.75. The lowest BCUT2D eigenvalue weighted by atomic mass is 10.2. The summed E-state index contributed by atoms with van der Waals surface area (Å²) >= 11 is 5.98. The molecule has 3 aromatic carbocycles. The van der Waals surface area contributed by atoms with Crippen LogP contribution in [-0.2, 0) is 0 Å². The van der Waals surface area contributed by atoms with Gasteiger partial charge < -0.3 is 14.5 Å². The molecule has 0 N–H and O–H groups in total. The van der Waals surface area contributed by atoms with Crippen LogP contribution in [0.3, 0.4) is 0 Å². The van der Waals surface area contributed by atoms with Crippen LogP contribution in [0.1, 0.15) is 10.4 Å². The Morgan fingerprint density at radius 3 is 2.47 bits per heavy atom. The van der Waals surface area contributed by atoms with E-state index in [2.05, 4.69) is 15.1 Å². The normalized spacial score (nSPS) is 13.9. The topological polar surface area (TPSA) is 75.9 Å². The van der Waals surface area contributed by atoms with Gasteiger partial charge in [0.2, 0.25) is 5.95 Å². The zero-order chi connectivity index (χ0) is 24.6. The summed E-state index contributed by atoms with van der Waals surface area (Å²) < 4.78 is 7.44. The van der Waals surface area contributed by atoms with Gasteiger partial charge >= 0.3 is 0 Å². The Morgan fingerprint density at radius 2 is 1.69 bits per heavy atom. The summed E-state index contributed by atoms with van der Waals surface area (Å²) in [6.45, 7) is 2.42. The van der Waals surface area contributed by atoms with Crippen LogP contribution in [0.5, 0.6) is 5.75 Å². The van der Waals surface area contributed by atoms with Gasteiger partial charge in [-0.3, -0.25) is 4.79 Å². The number of halogens is 1. The zero-order valence-electron chi connectivity index (χ0n) is 19.6. The second-order valence-electron chi connectivity index (χ2n) is 8.63. The molecule has 0 atom stereocenters. The van der Waals surface area contributed by atoms with Crippen LogP contribution < -0.4 is 9.64 Å². The summed E-state index contributed by atoms with van der Waals surface area (Å²) in [6, 6.07) is 22.7. The molecule has 0 saturated carbocycles. The number of fused-ring (bicyclic) bond motifs is 3. The average molecular weight is 499 g/mol. The van der Waals surface area contributed by atoms with Gasteiger partial charge in [0.1, 0.15) is 5.75 Å². The lowest BCUT2D eigenvalue weighted by Crippen LogP contribution is -2.49. The minimum absolute atomic E-state index is 0.00398. The van der Waals surface area contributed by atoms with Gasteiger partial charge in [0.05, 0.1) is 12.6 Å². The Labute approximate surface area is 212 Å². The number of rotatable bonds is 4. The number of ether oxygens (including phenoxy) is 1. The molecule has 9 heteroatoms. The largest absolute Gasteiger partial charge is 0.497 e. The Bertz CT molecular complexity index is 1580. The quantitative estimate of drug-likeness (QED) is 0.361. The van der Waals surface area contributed by atoms with Crippen molar-refractivity contribution in [3.8, 4) is 17.1 Å². The maximum atomic E-state index is 13.0. The number of aromatic nitrogens is 4. The highest BCUT2D eigenvalue weighted by Crippen LogP contribution is 2.30. The van der Waals surface area contributed by atoms with Gasteiger partial charge in [-0.05, 0) is 48.5 Å². The average Bonchev–Trinajstić information content (AvgIpc) is 3.38. The van der Waals surface area contributed by atoms with Gasteiger partial charge in [0, 0.05) is 47.7 Å². The number of hydrogen-bond acceptors (Lipinski definition) is 6. The Hall–Kier alpha value is -4.17. The van der Waals surface area contributed by atoms with Gasteiger partial charge in [-0.2, -0.15) is 0 Å². The fraction of sp³-hybridized carbons (Fsp3) is 0.185. The van der Waals surface area contributed by atoms with Gasteiger partial charge in [-0.1, -0.05) is 35.9 Å². The molecule has 180 valence electrons. The maximum absolute atomic E-state index is 13.0. The highest BCUT2D eigenvalue weighted by atomic mass is 35.5. The minimum Gasteiger partial charge on any atom is -0.497 e. The second-order valence-corrected chi connectivity index (χ2v) is 9.07. The molecule has 0 bridgehead atoms. The van der Waals surface area contributed by atoms with Crippen molar-refractivity contribution in [3.05, 3.63) is 83.4 Å². The Balaban J connectivity index is 1.38. The first-order valence-corrected chi connectivity index (χ1v) is 12.1. The van der Waals surface area contributed by atoms with E-state index in [1.54, 1.807) is 31.4 Å². The molecule has 0 unspecified atom stereocenters. The fourth-order valence-electron chi connectivity index (χ4n) is 4.61. The Morgan fingerprint density at radius 1 is 0.917 bits per heavy atom. The summed E-state index contributed by atoms with van der Waals surface area (Å²) in [7, 11) is 1.65. The summed E-state index contributed by atoms with van der Waals surface area (Å²) in [5.41, 5.74) is 3.12.